The van der Waals surface area contributed by atoms with Gasteiger partial charge in [0.2, 0.25) is 0 Å². The molecule has 8 heteroatoms. The van der Waals surface area contributed by atoms with Gasteiger partial charge in [-0.15, -0.1) is 17.9 Å². The molecule has 0 bridgehead atoms. The molecule has 0 saturated heterocycles. The first kappa shape index (κ1) is 22.1. The lowest BCUT2D eigenvalue weighted by Gasteiger charge is -2.24. The second kappa shape index (κ2) is 10.4. The zero-order chi connectivity index (χ0) is 20.8. The number of nitrogens with zero attached hydrogens (tertiary/aromatic N) is 2. The number of hydrogen-bond acceptors (Lipinski definition) is 7. The molecule has 3 rings (SSSR count). The number of ether oxygens (including phenoxy) is 2. The van der Waals surface area contributed by atoms with Gasteiger partial charge < -0.3 is 19.6 Å². The van der Waals surface area contributed by atoms with Crippen LogP contribution in [0.5, 0.6) is 0 Å². The molecule has 1 aliphatic carbocycles. The molecule has 1 aliphatic rings. The molecule has 160 valence electrons. The Kier molecular flexibility index (Phi) is 7.97. The fourth-order valence-corrected chi connectivity index (χ4v) is 5.18. The third-order valence-electron chi connectivity index (χ3n) is 5.21. The average molecular weight is 422 g/mol. The Morgan fingerprint density at radius 2 is 2.34 bits per heavy atom. The molecule has 2 aromatic heterocycles. The maximum Gasteiger partial charge on any atom is 0.259 e. The molecule has 7 nitrogen and oxygen atoms in total. The number of aromatic amines is 1. The van der Waals surface area contributed by atoms with Crippen molar-refractivity contribution in [2.24, 2.45) is 5.92 Å². The van der Waals surface area contributed by atoms with Crippen LogP contribution in [0, 0.1) is 5.92 Å². The fourth-order valence-electron chi connectivity index (χ4n) is 3.77. The highest BCUT2D eigenvalue weighted by molar-refractivity contribution is 7.18. The van der Waals surface area contributed by atoms with Crippen molar-refractivity contribution in [1.29, 1.82) is 0 Å². The van der Waals surface area contributed by atoms with Crippen LogP contribution in [-0.2, 0) is 28.9 Å². The third-order valence-corrected chi connectivity index (χ3v) is 6.36. The zero-order valence-electron chi connectivity index (χ0n) is 17.3. The molecule has 29 heavy (non-hydrogen) atoms. The minimum atomic E-state index is -0.641. The van der Waals surface area contributed by atoms with Gasteiger partial charge in [0.15, 0.2) is 0 Å². The number of aliphatic hydroxyl groups excluding tert-OH is 1. The highest BCUT2D eigenvalue weighted by Gasteiger charge is 2.23. The van der Waals surface area contributed by atoms with Crippen LogP contribution < -0.4 is 5.56 Å². The van der Waals surface area contributed by atoms with E-state index in [0.717, 1.165) is 29.5 Å². The lowest BCUT2D eigenvalue weighted by molar-refractivity contribution is 0.0189. The van der Waals surface area contributed by atoms with Crippen LogP contribution in [-0.4, -0.2) is 66.1 Å². The number of fused-ring (bicyclic) bond motifs is 3. The Labute approximate surface area is 175 Å². The first-order valence-corrected chi connectivity index (χ1v) is 10.9. The Bertz CT molecular complexity index is 879. The molecule has 2 heterocycles. The van der Waals surface area contributed by atoms with Crippen LogP contribution >= 0.6 is 11.3 Å². The van der Waals surface area contributed by atoms with E-state index in [1.165, 1.54) is 10.4 Å². The molecule has 2 atom stereocenters. The van der Waals surface area contributed by atoms with Crippen LogP contribution in [0.25, 0.3) is 10.2 Å². The maximum atomic E-state index is 12.8. The van der Waals surface area contributed by atoms with E-state index in [1.807, 2.05) is 4.90 Å². The first-order valence-electron chi connectivity index (χ1n) is 10.1. The number of aryl methyl sites for hydroxylation is 1. The molecule has 0 saturated carbocycles. The lowest BCUT2D eigenvalue weighted by Crippen LogP contribution is -2.37. The highest BCUT2D eigenvalue weighted by Crippen LogP contribution is 2.35. The Hall–Kier alpha value is -1.58. The minimum absolute atomic E-state index is 0.0568. The van der Waals surface area contributed by atoms with Crippen molar-refractivity contribution in [3.63, 3.8) is 0 Å². The van der Waals surface area contributed by atoms with E-state index < -0.39 is 6.10 Å². The van der Waals surface area contributed by atoms with Crippen LogP contribution in [0.3, 0.4) is 0 Å². The number of H-pyrrole nitrogens is 1. The molecule has 0 fully saturated rings. The summed E-state index contributed by atoms with van der Waals surface area (Å²) in [7, 11) is 1.64. The molecule has 0 radical (unpaired) electrons. The largest absolute Gasteiger partial charge is 0.389 e. The van der Waals surface area contributed by atoms with Crippen molar-refractivity contribution in [1.82, 2.24) is 14.9 Å². The fraction of sp³-hybridized carbons (Fsp3) is 0.619. The summed E-state index contributed by atoms with van der Waals surface area (Å²) in [6.07, 6.45) is 4.12. The summed E-state index contributed by atoms with van der Waals surface area (Å²) in [5.74, 6) is 1.27. The van der Waals surface area contributed by atoms with Crippen molar-refractivity contribution in [2.75, 3.05) is 40.0 Å². The van der Waals surface area contributed by atoms with Crippen LogP contribution in [0.1, 0.15) is 29.6 Å². The second-order valence-electron chi connectivity index (χ2n) is 7.75. The van der Waals surface area contributed by atoms with Gasteiger partial charge in [0.25, 0.3) is 5.56 Å². The van der Waals surface area contributed by atoms with Gasteiger partial charge in [0.05, 0.1) is 37.9 Å². The summed E-state index contributed by atoms with van der Waals surface area (Å²) in [4.78, 5) is 24.7. The summed E-state index contributed by atoms with van der Waals surface area (Å²) in [5.41, 5.74) is 1.13. The van der Waals surface area contributed by atoms with E-state index in [9.17, 15) is 9.90 Å². The average Bonchev–Trinajstić information content (AvgIpc) is 3.03. The predicted molar refractivity (Wildman–Crippen MR) is 116 cm³/mol. The lowest BCUT2D eigenvalue weighted by atomic mass is 9.89. The van der Waals surface area contributed by atoms with E-state index in [4.69, 9.17) is 14.5 Å². The normalized spacial score (nSPS) is 17.6. The summed E-state index contributed by atoms with van der Waals surface area (Å²) < 4.78 is 10.5. The monoisotopic (exact) mass is 421 g/mol. The first-order chi connectivity index (χ1) is 14.0. The molecular formula is C21H31N3O4S. The van der Waals surface area contributed by atoms with E-state index in [2.05, 4.69) is 18.5 Å². The number of nitrogens with one attached hydrogen (secondary N) is 1. The Balaban J connectivity index is 1.76. The van der Waals surface area contributed by atoms with E-state index >= 15 is 0 Å². The summed E-state index contributed by atoms with van der Waals surface area (Å²) in [6.45, 7) is 8.48. The maximum absolute atomic E-state index is 12.8. The molecule has 0 spiro atoms. The molecular weight excluding hydrogens is 390 g/mol. The van der Waals surface area contributed by atoms with Crippen LogP contribution in [0.15, 0.2) is 17.4 Å². The Morgan fingerprint density at radius 1 is 1.52 bits per heavy atom. The quantitative estimate of drug-likeness (QED) is 0.427. The van der Waals surface area contributed by atoms with Gasteiger partial charge in [0.1, 0.15) is 10.7 Å². The minimum Gasteiger partial charge on any atom is -0.389 e. The van der Waals surface area contributed by atoms with Gasteiger partial charge in [-0.1, -0.05) is 13.0 Å². The Morgan fingerprint density at radius 3 is 3.10 bits per heavy atom. The summed E-state index contributed by atoms with van der Waals surface area (Å²) in [6, 6.07) is 0. The zero-order valence-corrected chi connectivity index (χ0v) is 18.1. The molecule has 0 amide bonds. The number of hydrogen-bond donors (Lipinski definition) is 2. The van der Waals surface area contributed by atoms with Crippen molar-refractivity contribution in [3.8, 4) is 0 Å². The SMILES string of the molecule is C=CCOC[C@H](O)CN(CCOC)Cc1nc2sc3c(c2c(=O)[nH]1)CC[C@@H](C)C3. The van der Waals surface area contributed by atoms with Gasteiger partial charge in [-0.2, -0.15) is 0 Å². The van der Waals surface area contributed by atoms with Gasteiger partial charge in [-0.3, -0.25) is 9.69 Å². The van der Waals surface area contributed by atoms with Gasteiger partial charge in [0, 0.05) is 25.1 Å². The van der Waals surface area contributed by atoms with Gasteiger partial charge in [-0.25, -0.2) is 4.98 Å². The summed E-state index contributed by atoms with van der Waals surface area (Å²) >= 11 is 1.65. The van der Waals surface area contributed by atoms with Gasteiger partial charge >= 0.3 is 0 Å². The van der Waals surface area contributed by atoms with E-state index in [-0.39, 0.29) is 12.2 Å². The van der Waals surface area contributed by atoms with E-state index in [1.54, 1.807) is 24.5 Å². The predicted octanol–water partition coefficient (Wildman–Crippen LogP) is 2.12. The van der Waals surface area contributed by atoms with Crippen molar-refractivity contribution in [2.45, 2.75) is 38.8 Å². The highest BCUT2D eigenvalue weighted by atomic mass is 32.1. The summed E-state index contributed by atoms with van der Waals surface area (Å²) in [5, 5.41) is 11.0. The molecule has 0 aromatic carbocycles. The number of aliphatic hydroxyl groups is 1. The second-order valence-corrected chi connectivity index (χ2v) is 8.84. The number of thiophene rings is 1. The van der Waals surface area contributed by atoms with Crippen molar-refractivity contribution >= 4 is 21.6 Å². The molecule has 2 aromatic rings. The standard InChI is InChI=1S/C21H31N3O4S/c1-4-8-28-13-15(25)11-24(7-9-27-3)12-18-22-20(26)19-16-6-5-14(2)10-17(16)29-21(19)23-18/h4,14-15,25H,1,5-13H2,2-3H3,(H,22,23,26)/t14-,15-/m1/s1. The van der Waals surface area contributed by atoms with Crippen LogP contribution in [0.4, 0.5) is 0 Å². The molecule has 2 N–H and O–H groups in total. The smallest absolute Gasteiger partial charge is 0.259 e. The van der Waals surface area contributed by atoms with Crippen molar-refractivity contribution in [3.05, 3.63) is 39.3 Å². The third kappa shape index (κ3) is 5.73. The number of rotatable bonds is 11. The van der Waals surface area contributed by atoms with Crippen molar-refractivity contribution < 1.29 is 14.6 Å². The van der Waals surface area contributed by atoms with Gasteiger partial charge in [-0.05, 0) is 30.7 Å². The topological polar surface area (TPSA) is 87.7 Å². The van der Waals surface area contributed by atoms with E-state index in [0.29, 0.717) is 44.6 Å². The van der Waals surface area contributed by atoms with Crippen LogP contribution in [0.2, 0.25) is 0 Å². The number of methoxy groups -OCH3 is 1. The molecule has 0 aliphatic heterocycles. The molecule has 0 unspecified atom stereocenters. The number of aromatic nitrogens is 2.